The molecule has 240 valence electrons. The minimum atomic E-state index is -0.226. The van der Waals surface area contributed by atoms with Crippen molar-refractivity contribution in [2.24, 2.45) is 56.2 Å². The Hall–Kier alpha value is -0.690. The van der Waals surface area contributed by atoms with Crippen LogP contribution in [0.25, 0.3) is 0 Å². The first-order valence-electron chi connectivity index (χ1n) is 17.4. The smallest absolute Gasteiger partial charge is 0.320 e. The van der Waals surface area contributed by atoms with Gasteiger partial charge in [0.25, 0.3) is 0 Å². The number of carbonyl (C=O) groups is 1. The molecule has 2 N–H and O–H groups in total. The van der Waals surface area contributed by atoms with E-state index in [1.165, 1.54) is 51.4 Å². The fraction of sp³-hybridized carbons (Fsp3) is 0.972. The van der Waals surface area contributed by atoms with Crippen molar-refractivity contribution in [3.8, 4) is 0 Å². The standard InChI is InChI=1S/C36H61NO5/c1-31(2)14-16-36-17-15-34(6)24(29(36)30(31)41-23-36)8-9-26-33(5)12-11-27(32(3,4)25(33)10-13-35(26,34)7)42-28(40)22-37(18-20-38)19-21-39/h24-27,29-30,38-39H,8-23H2,1-7H3/t24-,25+,26-,27+,29+,30+,33+,34-,35-,36-/m1/s1. The number of rotatable bonds is 7. The van der Waals surface area contributed by atoms with Gasteiger partial charge in [-0.15, -0.1) is 0 Å². The quantitative estimate of drug-likeness (QED) is 0.352. The van der Waals surface area contributed by atoms with Gasteiger partial charge in [-0.2, -0.15) is 0 Å². The normalized spacial score (nSPS) is 48.5. The molecule has 0 unspecified atom stereocenters. The van der Waals surface area contributed by atoms with Gasteiger partial charge in [0.15, 0.2) is 0 Å². The SMILES string of the molecule is CC1(C)CC[C@]23CC[C@]4(C)[C@H](CC[C@@H]5[C@@]6(C)CC[C@H](OC(=O)CN(CCO)CCO)C(C)(C)[C@@H]6CC[C@]54C)[C@H]2[C@@H]1OC3. The Bertz CT molecular complexity index is 1040. The summed E-state index contributed by atoms with van der Waals surface area (Å²) in [5.41, 5.74) is 1.58. The maximum Gasteiger partial charge on any atom is 0.320 e. The second kappa shape index (κ2) is 10.4. The third kappa shape index (κ3) is 4.34. The molecule has 5 aliphatic carbocycles. The minimum Gasteiger partial charge on any atom is -0.461 e. The van der Waals surface area contributed by atoms with Crippen molar-refractivity contribution in [2.45, 2.75) is 125 Å². The number of aliphatic hydroxyl groups is 2. The Labute approximate surface area is 255 Å². The molecule has 6 fully saturated rings. The van der Waals surface area contributed by atoms with E-state index in [2.05, 4.69) is 48.5 Å². The van der Waals surface area contributed by atoms with Gasteiger partial charge in [-0.05, 0) is 115 Å². The molecule has 0 aromatic heterocycles. The van der Waals surface area contributed by atoms with Gasteiger partial charge in [0, 0.05) is 18.5 Å². The number of hydrogen-bond acceptors (Lipinski definition) is 6. The Kier molecular flexibility index (Phi) is 7.77. The van der Waals surface area contributed by atoms with E-state index < -0.39 is 0 Å². The van der Waals surface area contributed by atoms with Crippen LogP contribution in [0.15, 0.2) is 0 Å². The third-order valence-corrected chi connectivity index (χ3v) is 15.5. The molecule has 10 atom stereocenters. The Balaban J connectivity index is 1.22. The van der Waals surface area contributed by atoms with Crippen LogP contribution in [0, 0.1) is 56.2 Å². The van der Waals surface area contributed by atoms with E-state index in [4.69, 9.17) is 9.47 Å². The predicted octanol–water partition coefficient (Wildman–Crippen LogP) is 6.08. The van der Waals surface area contributed by atoms with Crippen LogP contribution < -0.4 is 0 Å². The minimum absolute atomic E-state index is 0.0320. The number of esters is 1. The van der Waals surface area contributed by atoms with E-state index in [-0.39, 0.29) is 48.1 Å². The lowest BCUT2D eigenvalue weighted by Gasteiger charge is -2.73. The first-order valence-corrected chi connectivity index (χ1v) is 17.4. The highest BCUT2D eigenvalue weighted by atomic mass is 16.5. The molecular formula is C36H61NO5. The van der Waals surface area contributed by atoms with E-state index in [0.29, 0.717) is 47.3 Å². The van der Waals surface area contributed by atoms with Crippen molar-refractivity contribution in [1.29, 1.82) is 0 Å². The Morgan fingerprint density at radius 1 is 0.810 bits per heavy atom. The largest absolute Gasteiger partial charge is 0.461 e. The zero-order valence-corrected chi connectivity index (χ0v) is 27.8. The molecule has 0 aromatic carbocycles. The molecule has 0 amide bonds. The molecule has 0 aromatic rings. The summed E-state index contributed by atoms with van der Waals surface area (Å²) in [5.74, 6) is 2.51. The number of hydrogen-bond donors (Lipinski definition) is 2. The molecule has 0 spiro atoms. The number of carbonyl (C=O) groups excluding carboxylic acids is 1. The summed E-state index contributed by atoms with van der Waals surface area (Å²) in [7, 11) is 0. The summed E-state index contributed by atoms with van der Waals surface area (Å²) in [5, 5.41) is 18.7. The average Bonchev–Trinajstić information content (AvgIpc) is 3.25. The highest BCUT2D eigenvalue weighted by molar-refractivity contribution is 5.72. The number of nitrogens with zero attached hydrogens (tertiary/aromatic N) is 1. The molecule has 6 nitrogen and oxygen atoms in total. The predicted molar refractivity (Wildman–Crippen MR) is 165 cm³/mol. The summed E-state index contributed by atoms with van der Waals surface area (Å²) in [6.07, 6.45) is 13.0. The molecule has 42 heavy (non-hydrogen) atoms. The fourth-order valence-electron chi connectivity index (χ4n) is 13.1. The van der Waals surface area contributed by atoms with Gasteiger partial charge in [-0.1, -0.05) is 48.5 Å². The number of fused-ring (bicyclic) bond motifs is 5. The Morgan fingerprint density at radius 2 is 1.50 bits per heavy atom. The van der Waals surface area contributed by atoms with Gasteiger partial charge < -0.3 is 19.7 Å². The lowest BCUT2D eigenvalue weighted by Crippen LogP contribution is -2.68. The van der Waals surface area contributed by atoms with Crippen LogP contribution in [0.4, 0.5) is 0 Å². The number of aliphatic hydroxyl groups excluding tert-OH is 2. The molecule has 6 heteroatoms. The molecule has 1 aliphatic heterocycles. The van der Waals surface area contributed by atoms with Crippen molar-refractivity contribution in [1.82, 2.24) is 4.90 Å². The van der Waals surface area contributed by atoms with Gasteiger partial charge in [0.05, 0.1) is 32.5 Å². The van der Waals surface area contributed by atoms with Crippen molar-refractivity contribution < 1.29 is 24.5 Å². The van der Waals surface area contributed by atoms with Crippen molar-refractivity contribution in [2.75, 3.05) is 39.5 Å². The molecular weight excluding hydrogens is 526 g/mol. The molecule has 5 saturated carbocycles. The topological polar surface area (TPSA) is 79.2 Å². The number of ether oxygens (including phenoxy) is 2. The van der Waals surface area contributed by atoms with Gasteiger partial charge in [-0.3, -0.25) is 9.69 Å². The van der Waals surface area contributed by atoms with E-state index in [1.54, 1.807) is 4.90 Å². The van der Waals surface area contributed by atoms with Crippen molar-refractivity contribution in [3.05, 3.63) is 0 Å². The van der Waals surface area contributed by atoms with Crippen LogP contribution in [0.2, 0.25) is 0 Å². The van der Waals surface area contributed by atoms with Crippen LogP contribution in [0.1, 0.15) is 113 Å². The van der Waals surface area contributed by atoms with Crippen LogP contribution >= 0.6 is 0 Å². The maximum atomic E-state index is 13.1. The summed E-state index contributed by atoms with van der Waals surface area (Å²) in [4.78, 5) is 14.8. The molecule has 1 heterocycles. The molecule has 6 rings (SSSR count). The third-order valence-electron chi connectivity index (χ3n) is 15.5. The van der Waals surface area contributed by atoms with Gasteiger partial charge >= 0.3 is 5.97 Å². The fourth-order valence-corrected chi connectivity index (χ4v) is 13.1. The van der Waals surface area contributed by atoms with E-state index in [0.717, 1.165) is 31.3 Å². The molecule has 1 saturated heterocycles. The van der Waals surface area contributed by atoms with Crippen molar-refractivity contribution >= 4 is 5.97 Å². The molecule has 0 radical (unpaired) electrons. The second-order valence-corrected chi connectivity index (χ2v) is 17.8. The van der Waals surface area contributed by atoms with E-state index in [9.17, 15) is 15.0 Å². The zero-order chi connectivity index (χ0) is 30.3. The first-order chi connectivity index (χ1) is 19.7. The molecule has 6 aliphatic rings. The lowest BCUT2D eigenvalue weighted by atomic mass is 9.31. The van der Waals surface area contributed by atoms with Crippen molar-refractivity contribution in [3.63, 3.8) is 0 Å². The van der Waals surface area contributed by atoms with Gasteiger partial charge in [-0.25, -0.2) is 0 Å². The van der Waals surface area contributed by atoms with Crippen LogP contribution in [-0.2, 0) is 14.3 Å². The second-order valence-electron chi connectivity index (χ2n) is 17.8. The van der Waals surface area contributed by atoms with E-state index in [1.807, 2.05) is 0 Å². The highest BCUT2D eigenvalue weighted by Gasteiger charge is 2.72. The highest BCUT2D eigenvalue weighted by Crippen LogP contribution is 2.78. The zero-order valence-electron chi connectivity index (χ0n) is 27.8. The summed E-state index contributed by atoms with van der Waals surface area (Å²) in [6, 6.07) is 0. The lowest BCUT2D eigenvalue weighted by molar-refractivity contribution is -0.254. The average molecular weight is 588 g/mol. The van der Waals surface area contributed by atoms with E-state index >= 15 is 0 Å². The van der Waals surface area contributed by atoms with Gasteiger partial charge in [0.2, 0.25) is 0 Å². The van der Waals surface area contributed by atoms with Gasteiger partial charge in [0.1, 0.15) is 6.10 Å². The Morgan fingerprint density at radius 3 is 2.19 bits per heavy atom. The maximum absolute atomic E-state index is 13.1. The van der Waals surface area contributed by atoms with Crippen LogP contribution in [0.5, 0.6) is 0 Å². The first kappa shape index (κ1) is 31.3. The summed E-state index contributed by atoms with van der Waals surface area (Å²) < 4.78 is 13.0. The summed E-state index contributed by atoms with van der Waals surface area (Å²) in [6.45, 7) is 19.5. The molecule has 2 bridgehead atoms. The summed E-state index contributed by atoms with van der Waals surface area (Å²) >= 11 is 0. The van der Waals surface area contributed by atoms with Crippen LogP contribution in [-0.4, -0.2) is 72.7 Å². The monoisotopic (exact) mass is 587 g/mol. The van der Waals surface area contributed by atoms with Crippen LogP contribution in [0.3, 0.4) is 0 Å².